The molecule has 1 saturated heterocycles. The number of hydrogen-bond acceptors (Lipinski definition) is 5. The van der Waals surface area contributed by atoms with Gasteiger partial charge in [0.2, 0.25) is 0 Å². The van der Waals surface area contributed by atoms with Gasteiger partial charge in [0.25, 0.3) is 11.1 Å². The zero-order valence-corrected chi connectivity index (χ0v) is 15.4. The van der Waals surface area contributed by atoms with Gasteiger partial charge in [-0.25, -0.2) is 4.39 Å². The third-order valence-electron chi connectivity index (χ3n) is 3.71. The summed E-state index contributed by atoms with van der Waals surface area (Å²) in [6.45, 7) is -0.331. The normalized spacial score (nSPS) is 15.3. The van der Waals surface area contributed by atoms with Crippen molar-refractivity contribution in [2.45, 2.75) is 6.54 Å². The molecule has 136 valence electrons. The minimum atomic E-state index is -0.576. The van der Waals surface area contributed by atoms with Crippen molar-refractivity contribution >= 4 is 40.6 Å². The van der Waals surface area contributed by atoms with Crippen molar-refractivity contribution in [2.24, 2.45) is 0 Å². The Hall–Kier alpha value is -2.82. The van der Waals surface area contributed by atoms with Crippen molar-refractivity contribution in [1.29, 1.82) is 5.26 Å². The molecule has 0 aromatic heterocycles. The first-order chi connectivity index (χ1) is 13.0. The van der Waals surface area contributed by atoms with Gasteiger partial charge in [-0.05, 0) is 47.7 Å². The van der Waals surface area contributed by atoms with E-state index in [1.807, 2.05) is 6.07 Å². The predicted molar refractivity (Wildman–Crippen MR) is 100 cm³/mol. The van der Waals surface area contributed by atoms with E-state index in [1.165, 1.54) is 18.2 Å². The fourth-order valence-electron chi connectivity index (χ4n) is 2.44. The second-order valence-corrected chi connectivity index (χ2v) is 6.89. The maximum atomic E-state index is 14.0. The van der Waals surface area contributed by atoms with Gasteiger partial charge in [0, 0.05) is 10.6 Å². The average molecular weight is 403 g/mol. The third kappa shape index (κ3) is 4.30. The Balaban J connectivity index is 1.82. The number of benzene rings is 2. The van der Waals surface area contributed by atoms with Crippen LogP contribution in [0.1, 0.15) is 11.1 Å². The molecular weight excluding hydrogens is 391 g/mol. The summed E-state index contributed by atoms with van der Waals surface area (Å²) in [6, 6.07) is 12.8. The maximum Gasteiger partial charge on any atom is 0.293 e. The zero-order chi connectivity index (χ0) is 19.4. The van der Waals surface area contributed by atoms with Crippen molar-refractivity contribution < 1.29 is 18.7 Å². The van der Waals surface area contributed by atoms with Crippen LogP contribution < -0.4 is 4.74 Å². The van der Waals surface area contributed by atoms with Crippen LogP contribution >= 0.6 is 23.4 Å². The van der Waals surface area contributed by atoms with Crippen LogP contribution in [0.3, 0.4) is 0 Å². The van der Waals surface area contributed by atoms with Crippen molar-refractivity contribution in [3.63, 3.8) is 0 Å². The summed E-state index contributed by atoms with van der Waals surface area (Å²) in [7, 11) is 0. The highest BCUT2D eigenvalue weighted by molar-refractivity contribution is 8.18. The van der Waals surface area contributed by atoms with Gasteiger partial charge in [-0.15, -0.1) is 0 Å². The second kappa shape index (κ2) is 8.25. The molecule has 0 atom stereocenters. The summed E-state index contributed by atoms with van der Waals surface area (Å²) >= 11 is 6.75. The van der Waals surface area contributed by atoms with E-state index in [-0.39, 0.29) is 28.6 Å². The molecule has 2 aromatic rings. The zero-order valence-electron chi connectivity index (χ0n) is 13.8. The molecule has 0 bridgehead atoms. The minimum absolute atomic E-state index is 0.0922. The highest BCUT2D eigenvalue weighted by atomic mass is 35.5. The molecule has 5 nitrogen and oxygen atoms in total. The molecule has 0 unspecified atom stereocenters. The molecular formula is C19H12ClFN2O3S. The van der Waals surface area contributed by atoms with E-state index in [9.17, 15) is 14.0 Å². The Morgan fingerprint density at radius 2 is 2.04 bits per heavy atom. The van der Waals surface area contributed by atoms with Gasteiger partial charge >= 0.3 is 0 Å². The SMILES string of the molecule is N#CCOc1cccc(/C=C2\SC(=O)N(Cc3c(F)cccc3Cl)C2=O)c1. The van der Waals surface area contributed by atoms with Crippen LogP contribution in [-0.2, 0) is 11.3 Å². The Morgan fingerprint density at radius 1 is 1.26 bits per heavy atom. The van der Waals surface area contributed by atoms with Crippen LogP contribution in [-0.4, -0.2) is 22.7 Å². The van der Waals surface area contributed by atoms with Crippen molar-refractivity contribution in [2.75, 3.05) is 6.61 Å². The monoisotopic (exact) mass is 402 g/mol. The van der Waals surface area contributed by atoms with Gasteiger partial charge in [-0.3, -0.25) is 14.5 Å². The molecule has 27 heavy (non-hydrogen) atoms. The van der Waals surface area contributed by atoms with Gasteiger partial charge in [0.1, 0.15) is 17.6 Å². The average Bonchev–Trinajstić information content (AvgIpc) is 2.90. The summed E-state index contributed by atoms with van der Waals surface area (Å²) < 4.78 is 19.2. The molecule has 0 radical (unpaired) electrons. The summed E-state index contributed by atoms with van der Waals surface area (Å²) in [4.78, 5) is 26.0. The number of nitriles is 1. The fraction of sp³-hybridized carbons (Fsp3) is 0.105. The standard InChI is InChI=1S/C19H12ClFN2O3S/c20-15-5-2-6-16(21)14(15)11-23-18(24)17(27-19(23)25)10-12-3-1-4-13(9-12)26-8-7-22/h1-6,9-10H,8,11H2/b17-10-. The van der Waals surface area contributed by atoms with Crippen LogP contribution in [0.25, 0.3) is 6.08 Å². The number of rotatable bonds is 5. The molecule has 0 spiro atoms. The quantitative estimate of drug-likeness (QED) is 0.682. The van der Waals surface area contributed by atoms with Gasteiger partial charge in [-0.1, -0.05) is 29.8 Å². The van der Waals surface area contributed by atoms with E-state index in [4.69, 9.17) is 21.6 Å². The molecule has 2 amide bonds. The van der Waals surface area contributed by atoms with Gasteiger partial charge in [-0.2, -0.15) is 5.26 Å². The molecule has 0 saturated carbocycles. The summed E-state index contributed by atoms with van der Waals surface area (Å²) in [5, 5.41) is 8.22. The fourth-order valence-corrected chi connectivity index (χ4v) is 3.50. The van der Waals surface area contributed by atoms with E-state index in [1.54, 1.807) is 30.3 Å². The highest BCUT2D eigenvalue weighted by Crippen LogP contribution is 2.34. The smallest absolute Gasteiger partial charge is 0.293 e. The number of carbonyl (C=O) groups is 2. The number of amides is 2. The molecule has 1 fully saturated rings. The topological polar surface area (TPSA) is 70.4 Å². The van der Waals surface area contributed by atoms with Crippen molar-refractivity contribution in [1.82, 2.24) is 4.90 Å². The lowest BCUT2D eigenvalue weighted by Crippen LogP contribution is -2.28. The van der Waals surface area contributed by atoms with E-state index in [0.29, 0.717) is 11.3 Å². The third-order valence-corrected chi connectivity index (χ3v) is 4.97. The molecule has 1 heterocycles. The summed E-state index contributed by atoms with van der Waals surface area (Å²) in [6.07, 6.45) is 1.55. The highest BCUT2D eigenvalue weighted by Gasteiger charge is 2.35. The lowest BCUT2D eigenvalue weighted by molar-refractivity contribution is -0.123. The first-order valence-corrected chi connectivity index (χ1v) is 8.97. The van der Waals surface area contributed by atoms with Crippen molar-refractivity contribution in [3.05, 3.63) is 69.3 Å². The number of imide groups is 1. The van der Waals surface area contributed by atoms with E-state index in [0.717, 1.165) is 16.7 Å². The van der Waals surface area contributed by atoms with Crippen LogP contribution in [0.15, 0.2) is 47.4 Å². The first-order valence-electron chi connectivity index (χ1n) is 7.77. The molecule has 2 aromatic carbocycles. The molecule has 1 aliphatic heterocycles. The van der Waals surface area contributed by atoms with E-state index in [2.05, 4.69) is 0 Å². The Kier molecular flexibility index (Phi) is 5.79. The number of nitrogens with zero attached hydrogens (tertiary/aromatic N) is 2. The molecule has 0 aliphatic carbocycles. The molecule has 8 heteroatoms. The maximum absolute atomic E-state index is 14.0. The number of carbonyl (C=O) groups excluding carboxylic acids is 2. The Morgan fingerprint density at radius 3 is 2.78 bits per heavy atom. The molecule has 3 rings (SSSR count). The lowest BCUT2D eigenvalue weighted by Gasteiger charge is -2.14. The van der Waals surface area contributed by atoms with Crippen LogP contribution in [0.5, 0.6) is 5.75 Å². The number of ether oxygens (including phenoxy) is 1. The van der Waals surface area contributed by atoms with Gasteiger partial charge in [0.15, 0.2) is 6.61 Å². The van der Waals surface area contributed by atoms with Gasteiger partial charge < -0.3 is 4.74 Å². The van der Waals surface area contributed by atoms with E-state index < -0.39 is 17.0 Å². The molecule has 0 N–H and O–H groups in total. The lowest BCUT2D eigenvalue weighted by atomic mass is 10.2. The van der Waals surface area contributed by atoms with Crippen LogP contribution in [0.2, 0.25) is 5.02 Å². The van der Waals surface area contributed by atoms with Crippen LogP contribution in [0.4, 0.5) is 9.18 Å². The van der Waals surface area contributed by atoms with Crippen molar-refractivity contribution in [3.8, 4) is 11.8 Å². The van der Waals surface area contributed by atoms with E-state index >= 15 is 0 Å². The Bertz CT molecular complexity index is 967. The largest absolute Gasteiger partial charge is 0.479 e. The van der Waals surface area contributed by atoms with Crippen LogP contribution in [0, 0.1) is 17.1 Å². The number of thioether (sulfide) groups is 1. The number of hydrogen-bond donors (Lipinski definition) is 0. The second-order valence-electron chi connectivity index (χ2n) is 5.49. The number of halogens is 2. The minimum Gasteiger partial charge on any atom is -0.479 e. The predicted octanol–water partition coefficient (Wildman–Crippen LogP) is 4.62. The molecule has 1 aliphatic rings. The summed E-state index contributed by atoms with van der Waals surface area (Å²) in [5.41, 5.74) is 0.731. The summed E-state index contributed by atoms with van der Waals surface area (Å²) in [5.74, 6) is -0.622. The van der Waals surface area contributed by atoms with Gasteiger partial charge in [0.05, 0.1) is 11.4 Å². The first kappa shape index (κ1) is 19.0. The Labute approximate surface area is 164 Å².